The zero-order valence-corrected chi connectivity index (χ0v) is 21.4. The van der Waals surface area contributed by atoms with Crippen molar-refractivity contribution in [2.24, 2.45) is 5.92 Å². The van der Waals surface area contributed by atoms with Crippen molar-refractivity contribution in [1.82, 2.24) is 10.2 Å². The third-order valence-corrected chi connectivity index (χ3v) is 8.49. The first-order chi connectivity index (χ1) is 18.0. The van der Waals surface area contributed by atoms with Crippen LogP contribution in [-0.2, 0) is 16.2 Å². The Balaban J connectivity index is 1.59. The Kier molecular flexibility index (Phi) is 7.74. The summed E-state index contributed by atoms with van der Waals surface area (Å²) in [5.74, 6) is -0.101. The van der Waals surface area contributed by atoms with Crippen LogP contribution < -0.4 is 14.8 Å². The number of amides is 2. The van der Waals surface area contributed by atoms with Crippen LogP contribution in [0.5, 0.6) is 11.5 Å². The molecule has 202 valence electrons. The van der Waals surface area contributed by atoms with Crippen LogP contribution in [0.1, 0.15) is 68.4 Å². The van der Waals surface area contributed by atoms with Crippen LogP contribution in [-0.4, -0.2) is 76.6 Å². The van der Waals surface area contributed by atoms with E-state index >= 15 is 0 Å². The van der Waals surface area contributed by atoms with Crippen molar-refractivity contribution in [3.05, 3.63) is 34.9 Å². The van der Waals surface area contributed by atoms with Crippen LogP contribution in [0.15, 0.2) is 23.8 Å². The van der Waals surface area contributed by atoms with Gasteiger partial charge in [-0.05, 0) is 49.5 Å². The first-order valence-electron chi connectivity index (χ1n) is 13.6. The van der Waals surface area contributed by atoms with E-state index in [1.807, 2.05) is 4.90 Å². The molecule has 2 fully saturated rings. The fourth-order valence-corrected chi connectivity index (χ4v) is 6.39. The van der Waals surface area contributed by atoms with Crippen LogP contribution in [0, 0.1) is 5.92 Å². The van der Waals surface area contributed by atoms with Gasteiger partial charge in [0.1, 0.15) is 12.2 Å². The standard InChI is InChI=1S/C28H38N2O7/c1-36-22-13-16(15-32)12-19-23-20(27(34)29-10-11-31)14-21(24(33)26(23)37-25(19)22)30(18-8-3-2-4-9-18)28(35)17-6-5-7-17/h12-14,17-18,21,23-24,26,31-33H,2-11,15H2,1H3,(H,29,34). The normalized spacial score (nSPS) is 27.3. The molecule has 1 aromatic rings. The second-order valence-corrected chi connectivity index (χ2v) is 10.7. The molecule has 2 saturated carbocycles. The largest absolute Gasteiger partial charge is 0.493 e. The van der Waals surface area contributed by atoms with E-state index in [1.165, 1.54) is 7.11 Å². The summed E-state index contributed by atoms with van der Waals surface area (Å²) in [5.41, 5.74) is 1.66. The lowest BCUT2D eigenvalue weighted by atomic mass is 9.75. The van der Waals surface area contributed by atoms with E-state index < -0.39 is 24.2 Å². The van der Waals surface area contributed by atoms with Crippen LogP contribution in [0.25, 0.3) is 0 Å². The van der Waals surface area contributed by atoms with Crippen molar-refractivity contribution in [2.45, 2.75) is 88.2 Å². The minimum absolute atomic E-state index is 0.00959. The Morgan fingerprint density at radius 3 is 2.49 bits per heavy atom. The van der Waals surface area contributed by atoms with Crippen LogP contribution in [0.4, 0.5) is 0 Å². The number of fused-ring (bicyclic) bond motifs is 3. The van der Waals surface area contributed by atoms with Gasteiger partial charge in [0.2, 0.25) is 11.8 Å². The Bertz CT molecular complexity index is 1050. The zero-order chi connectivity index (χ0) is 26.1. The number of aliphatic hydroxyl groups excluding tert-OH is 3. The number of hydrogen-bond donors (Lipinski definition) is 4. The molecule has 1 heterocycles. The lowest BCUT2D eigenvalue weighted by molar-refractivity contribution is -0.148. The van der Waals surface area contributed by atoms with Gasteiger partial charge >= 0.3 is 0 Å². The summed E-state index contributed by atoms with van der Waals surface area (Å²) in [6, 6.07) is 2.77. The molecule has 0 saturated heterocycles. The third kappa shape index (κ3) is 4.73. The minimum atomic E-state index is -1.06. The average Bonchev–Trinajstić information content (AvgIpc) is 3.27. The maximum Gasteiger partial charge on any atom is 0.247 e. The highest BCUT2D eigenvalue weighted by Gasteiger charge is 2.53. The molecule has 4 aliphatic rings. The number of methoxy groups -OCH3 is 1. The van der Waals surface area contributed by atoms with Crippen molar-refractivity contribution in [3.63, 3.8) is 0 Å². The fourth-order valence-electron chi connectivity index (χ4n) is 6.39. The van der Waals surface area contributed by atoms with Crippen molar-refractivity contribution in [3.8, 4) is 11.5 Å². The summed E-state index contributed by atoms with van der Waals surface area (Å²) in [6.07, 6.45) is 7.59. The summed E-state index contributed by atoms with van der Waals surface area (Å²) in [6.45, 7) is -0.335. The molecule has 5 rings (SSSR count). The molecule has 1 aromatic carbocycles. The molecule has 0 bridgehead atoms. The van der Waals surface area contributed by atoms with Crippen molar-refractivity contribution in [2.75, 3.05) is 20.3 Å². The third-order valence-electron chi connectivity index (χ3n) is 8.49. The fraction of sp³-hybridized carbons (Fsp3) is 0.643. The molecule has 1 aliphatic heterocycles. The molecule has 3 aliphatic carbocycles. The summed E-state index contributed by atoms with van der Waals surface area (Å²) in [4.78, 5) is 29.1. The second-order valence-electron chi connectivity index (χ2n) is 10.7. The topological polar surface area (TPSA) is 129 Å². The molecule has 37 heavy (non-hydrogen) atoms. The summed E-state index contributed by atoms with van der Waals surface area (Å²) >= 11 is 0. The van der Waals surface area contributed by atoms with E-state index in [-0.39, 0.29) is 43.5 Å². The molecule has 4 atom stereocenters. The van der Waals surface area contributed by atoms with E-state index in [4.69, 9.17) is 9.47 Å². The van der Waals surface area contributed by atoms with Crippen molar-refractivity contribution < 1.29 is 34.4 Å². The highest BCUT2D eigenvalue weighted by Crippen LogP contribution is 2.52. The monoisotopic (exact) mass is 514 g/mol. The molecular weight excluding hydrogens is 476 g/mol. The number of aliphatic hydroxyl groups is 3. The van der Waals surface area contributed by atoms with E-state index in [9.17, 15) is 24.9 Å². The van der Waals surface area contributed by atoms with Gasteiger partial charge in [0.05, 0.1) is 32.3 Å². The van der Waals surface area contributed by atoms with Crippen molar-refractivity contribution >= 4 is 11.8 Å². The highest BCUT2D eigenvalue weighted by atomic mass is 16.5. The quantitative estimate of drug-likeness (QED) is 0.416. The molecule has 9 nitrogen and oxygen atoms in total. The van der Waals surface area contributed by atoms with Gasteiger partial charge in [0, 0.05) is 29.6 Å². The maximum atomic E-state index is 13.8. The lowest BCUT2D eigenvalue weighted by Gasteiger charge is -2.47. The first kappa shape index (κ1) is 26.0. The van der Waals surface area contributed by atoms with Gasteiger partial charge in [0.15, 0.2) is 11.5 Å². The zero-order valence-electron chi connectivity index (χ0n) is 21.4. The first-order valence-corrected chi connectivity index (χ1v) is 13.6. The van der Waals surface area contributed by atoms with Gasteiger partial charge in [-0.1, -0.05) is 25.7 Å². The minimum Gasteiger partial charge on any atom is -0.493 e. The predicted molar refractivity (Wildman–Crippen MR) is 135 cm³/mol. The van der Waals surface area contributed by atoms with E-state index in [2.05, 4.69) is 5.32 Å². The van der Waals surface area contributed by atoms with Gasteiger partial charge < -0.3 is 35.0 Å². The van der Waals surface area contributed by atoms with E-state index in [1.54, 1.807) is 18.2 Å². The number of nitrogens with one attached hydrogen (secondary N) is 1. The number of rotatable bonds is 8. The molecule has 2 amide bonds. The summed E-state index contributed by atoms with van der Waals surface area (Å²) < 4.78 is 11.8. The molecule has 4 N–H and O–H groups in total. The molecule has 4 unspecified atom stereocenters. The Labute approximate surface area is 217 Å². The number of ether oxygens (including phenoxy) is 2. The average molecular weight is 515 g/mol. The smallest absolute Gasteiger partial charge is 0.247 e. The van der Waals surface area contributed by atoms with Crippen molar-refractivity contribution in [1.29, 1.82) is 0 Å². The number of nitrogens with zero attached hydrogens (tertiary/aromatic N) is 1. The Morgan fingerprint density at radius 1 is 1.11 bits per heavy atom. The van der Waals surface area contributed by atoms with Crippen LogP contribution >= 0.6 is 0 Å². The molecule has 0 radical (unpaired) electrons. The SMILES string of the molecule is COc1cc(CO)cc2c1OC1C2C(C(=O)NCCO)=CC(N(C(=O)C2CCC2)C2CCCCC2)C1O. The van der Waals surface area contributed by atoms with E-state index in [0.717, 1.165) is 51.4 Å². The van der Waals surface area contributed by atoms with Gasteiger partial charge in [-0.25, -0.2) is 0 Å². The van der Waals surface area contributed by atoms with Crippen LogP contribution in [0.3, 0.4) is 0 Å². The molecule has 0 spiro atoms. The van der Waals surface area contributed by atoms with E-state index in [0.29, 0.717) is 28.2 Å². The van der Waals surface area contributed by atoms with Gasteiger partial charge in [-0.3, -0.25) is 9.59 Å². The Morgan fingerprint density at radius 2 is 1.86 bits per heavy atom. The number of carbonyl (C=O) groups excluding carboxylic acids is 2. The molecule has 9 heteroatoms. The van der Waals surface area contributed by atoms with Gasteiger partial charge in [-0.15, -0.1) is 0 Å². The number of benzene rings is 1. The van der Waals surface area contributed by atoms with Crippen LogP contribution in [0.2, 0.25) is 0 Å². The number of carbonyl (C=O) groups is 2. The molecule has 0 aromatic heterocycles. The number of hydrogen-bond acceptors (Lipinski definition) is 7. The Hall–Kier alpha value is -2.62. The predicted octanol–water partition coefficient (Wildman–Crippen LogP) is 1.77. The summed E-state index contributed by atoms with van der Waals surface area (Å²) in [7, 11) is 1.51. The maximum absolute atomic E-state index is 13.8. The molecular formula is C28H38N2O7. The lowest BCUT2D eigenvalue weighted by Crippen LogP contribution is -2.60. The second kappa shape index (κ2) is 11.0. The van der Waals surface area contributed by atoms with Gasteiger partial charge in [0.25, 0.3) is 0 Å². The summed E-state index contributed by atoms with van der Waals surface area (Å²) in [5, 5.41) is 33.7. The highest BCUT2D eigenvalue weighted by molar-refractivity contribution is 5.96. The van der Waals surface area contributed by atoms with Gasteiger partial charge in [-0.2, -0.15) is 0 Å².